The van der Waals surface area contributed by atoms with Crippen molar-refractivity contribution in [2.45, 2.75) is 13.8 Å². The van der Waals surface area contributed by atoms with E-state index in [4.69, 9.17) is 18.0 Å². The van der Waals surface area contributed by atoms with E-state index in [0.29, 0.717) is 11.3 Å². The summed E-state index contributed by atoms with van der Waals surface area (Å²) in [6, 6.07) is 9.69. The van der Waals surface area contributed by atoms with E-state index in [9.17, 15) is 9.18 Å². The van der Waals surface area contributed by atoms with Crippen LogP contribution >= 0.6 is 12.2 Å². The van der Waals surface area contributed by atoms with E-state index in [1.807, 2.05) is 26.0 Å². The highest BCUT2D eigenvalue weighted by molar-refractivity contribution is 7.80. The molecule has 0 aromatic heterocycles. The number of nitrogens with two attached hydrogens (primary N) is 1. The lowest BCUT2D eigenvalue weighted by Crippen LogP contribution is -2.16. The summed E-state index contributed by atoms with van der Waals surface area (Å²) < 4.78 is 13.5. The van der Waals surface area contributed by atoms with Gasteiger partial charge >= 0.3 is 0 Å². The molecule has 0 unspecified atom stereocenters. The lowest BCUT2D eigenvalue weighted by molar-refractivity contribution is 0.102. The molecule has 0 atom stereocenters. The summed E-state index contributed by atoms with van der Waals surface area (Å²) >= 11 is 4.78. The Balaban J connectivity index is 2.27. The number of hydrogen-bond donors (Lipinski definition) is 2. The van der Waals surface area contributed by atoms with Crippen LogP contribution in [0.4, 0.5) is 10.1 Å². The number of halogens is 1. The van der Waals surface area contributed by atoms with Crippen molar-refractivity contribution in [2.75, 3.05) is 5.32 Å². The molecule has 3 nitrogen and oxygen atoms in total. The molecule has 1 amide bonds. The lowest BCUT2D eigenvalue weighted by atomic mass is 10.0. The molecule has 0 spiro atoms. The van der Waals surface area contributed by atoms with Gasteiger partial charge in [-0.25, -0.2) is 4.39 Å². The van der Waals surface area contributed by atoms with Gasteiger partial charge in [0.25, 0.3) is 5.91 Å². The van der Waals surface area contributed by atoms with Gasteiger partial charge in [-0.15, -0.1) is 0 Å². The summed E-state index contributed by atoms with van der Waals surface area (Å²) in [6.07, 6.45) is 0. The largest absolute Gasteiger partial charge is 0.389 e. The van der Waals surface area contributed by atoms with Crippen LogP contribution in [0.15, 0.2) is 36.4 Å². The maximum Gasteiger partial charge on any atom is 0.255 e. The highest BCUT2D eigenvalue weighted by Gasteiger charge is 2.11. The molecule has 0 saturated heterocycles. The van der Waals surface area contributed by atoms with Crippen LogP contribution in [0.5, 0.6) is 0 Å². The van der Waals surface area contributed by atoms with Gasteiger partial charge in [0.1, 0.15) is 10.8 Å². The number of carbonyl (C=O) groups is 1. The van der Waals surface area contributed by atoms with Crippen molar-refractivity contribution < 1.29 is 9.18 Å². The van der Waals surface area contributed by atoms with E-state index >= 15 is 0 Å². The Morgan fingerprint density at radius 2 is 1.86 bits per heavy atom. The molecular formula is C16H15FN2OS. The Labute approximate surface area is 128 Å². The topological polar surface area (TPSA) is 55.1 Å². The van der Waals surface area contributed by atoms with Crippen molar-refractivity contribution >= 4 is 28.8 Å². The van der Waals surface area contributed by atoms with Crippen LogP contribution < -0.4 is 11.1 Å². The molecule has 2 rings (SSSR count). The van der Waals surface area contributed by atoms with E-state index in [-0.39, 0.29) is 16.5 Å². The Bertz CT molecular complexity index is 728. The first-order valence-electron chi connectivity index (χ1n) is 6.36. The zero-order valence-electron chi connectivity index (χ0n) is 11.7. The normalized spacial score (nSPS) is 10.2. The predicted octanol–water partition coefficient (Wildman–Crippen LogP) is 3.33. The summed E-state index contributed by atoms with van der Waals surface area (Å²) in [5.74, 6) is -0.764. The number of rotatable bonds is 3. The van der Waals surface area contributed by atoms with E-state index in [1.54, 1.807) is 6.07 Å². The third kappa shape index (κ3) is 3.44. The molecule has 3 N–H and O–H groups in total. The molecule has 5 heteroatoms. The van der Waals surface area contributed by atoms with Crippen molar-refractivity contribution in [3.8, 4) is 0 Å². The summed E-state index contributed by atoms with van der Waals surface area (Å²) in [7, 11) is 0. The second-order valence-electron chi connectivity index (χ2n) is 4.83. The van der Waals surface area contributed by atoms with Crippen molar-refractivity contribution in [1.29, 1.82) is 0 Å². The number of amides is 1. The van der Waals surface area contributed by atoms with Crippen molar-refractivity contribution in [3.63, 3.8) is 0 Å². The van der Waals surface area contributed by atoms with Gasteiger partial charge in [-0.2, -0.15) is 0 Å². The predicted molar refractivity (Wildman–Crippen MR) is 86.2 cm³/mol. The van der Waals surface area contributed by atoms with Crippen molar-refractivity contribution in [1.82, 2.24) is 0 Å². The molecule has 0 heterocycles. The number of thiocarbonyl (C=S) groups is 1. The highest BCUT2D eigenvalue weighted by Crippen LogP contribution is 2.17. The average molecular weight is 302 g/mol. The number of nitrogens with one attached hydrogen (secondary N) is 1. The Hall–Kier alpha value is -2.27. The number of anilines is 1. The summed E-state index contributed by atoms with van der Waals surface area (Å²) in [5.41, 5.74) is 8.54. The minimum atomic E-state index is -0.507. The minimum absolute atomic E-state index is 0.0462. The van der Waals surface area contributed by atoms with E-state index in [1.165, 1.54) is 18.2 Å². The molecule has 21 heavy (non-hydrogen) atoms. The number of benzene rings is 2. The third-order valence-electron chi connectivity index (χ3n) is 3.12. The Morgan fingerprint density at radius 1 is 1.14 bits per heavy atom. The Morgan fingerprint density at radius 3 is 2.48 bits per heavy atom. The first-order chi connectivity index (χ1) is 9.88. The van der Waals surface area contributed by atoms with E-state index in [2.05, 4.69) is 5.32 Å². The van der Waals surface area contributed by atoms with Gasteiger partial charge in [0.2, 0.25) is 0 Å². The molecule has 108 valence electrons. The van der Waals surface area contributed by atoms with Gasteiger partial charge in [-0.1, -0.05) is 29.9 Å². The first-order valence-corrected chi connectivity index (χ1v) is 6.77. The van der Waals surface area contributed by atoms with Gasteiger partial charge < -0.3 is 11.1 Å². The van der Waals surface area contributed by atoms with E-state index in [0.717, 1.165) is 11.1 Å². The lowest BCUT2D eigenvalue weighted by Gasteiger charge is -2.10. The molecule has 0 saturated carbocycles. The molecular weight excluding hydrogens is 287 g/mol. The van der Waals surface area contributed by atoms with Gasteiger partial charge in [-0.3, -0.25) is 4.79 Å². The molecule has 2 aromatic rings. The van der Waals surface area contributed by atoms with Crippen LogP contribution in [-0.4, -0.2) is 10.9 Å². The van der Waals surface area contributed by atoms with Crippen LogP contribution in [0, 0.1) is 19.7 Å². The quantitative estimate of drug-likeness (QED) is 0.855. The molecule has 0 radical (unpaired) electrons. The number of hydrogen-bond acceptors (Lipinski definition) is 2. The smallest absolute Gasteiger partial charge is 0.255 e. The van der Waals surface area contributed by atoms with Gasteiger partial charge in [0, 0.05) is 16.8 Å². The van der Waals surface area contributed by atoms with Crippen LogP contribution in [0.3, 0.4) is 0 Å². The highest BCUT2D eigenvalue weighted by atomic mass is 32.1. The van der Waals surface area contributed by atoms with Crippen LogP contribution in [0.2, 0.25) is 0 Å². The first kappa shape index (κ1) is 15.1. The fourth-order valence-electron chi connectivity index (χ4n) is 2.06. The fourth-order valence-corrected chi connectivity index (χ4v) is 2.22. The molecule has 0 aliphatic rings. The zero-order valence-corrected chi connectivity index (χ0v) is 12.6. The van der Waals surface area contributed by atoms with Crippen molar-refractivity contribution in [3.05, 3.63) is 64.5 Å². The second kappa shape index (κ2) is 6.01. The zero-order chi connectivity index (χ0) is 15.6. The van der Waals surface area contributed by atoms with Crippen LogP contribution in [-0.2, 0) is 0 Å². The average Bonchev–Trinajstić information content (AvgIpc) is 2.40. The van der Waals surface area contributed by atoms with Crippen molar-refractivity contribution in [2.24, 2.45) is 5.73 Å². The number of carbonyl (C=O) groups excluding carboxylic acids is 1. The molecule has 0 aliphatic heterocycles. The fraction of sp³-hybridized carbons (Fsp3) is 0.125. The maximum absolute atomic E-state index is 13.5. The Kier molecular flexibility index (Phi) is 4.33. The van der Waals surface area contributed by atoms with Gasteiger partial charge in [0.15, 0.2) is 0 Å². The van der Waals surface area contributed by atoms with Crippen LogP contribution in [0.1, 0.15) is 27.0 Å². The maximum atomic E-state index is 13.5. The SMILES string of the molecule is Cc1ccc(C(=O)Nc2ccc(F)c(C(N)=S)c2)c(C)c1. The standard InChI is InChI=1S/C16H15FN2OS/c1-9-3-5-12(10(2)7-9)16(20)19-11-4-6-14(17)13(8-11)15(18)21/h3-8H,1-2H3,(H2,18,21)(H,19,20). The molecule has 2 aromatic carbocycles. The summed E-state index contributed by atoms with van der Waals surface area (Å²) in [5, 5.41) is 2.72. The summed E-state index contributed by atoms with van der Waals surface area (Å²) in [6.45, 7) is 3.83. The molecule has 0 aliphatic carbocycles. The third-order valence-corrected chi connectivity index (χ3v) is 3.34. The van der Waals surface area contributed by atoms with Gasteiger partial charge in [-0.05, 0) is 43.7 Å². The molecule has 0 fully saturated rings. The van der Waals surface area contributed by atoms with E-state index < -0.39 is 5.82 Å². The minimum Gasteiger partial charge on any atom is -0.389 e. The second-order valence-corrected chi connectivity index (χ2v) is 5.27. The van der Waals surface area contributed by atoms with Crippen LogP contribution in [0.25, 0.3) is 0 Å². The molecule has 0 bridgehead atoms. The monoisotopic (exact) mass is 302 g/mol. The summed E-state index contributed by atoms with van der Waals surface area (Å²) in [4.78, 5) is 12.2. The van der Waals surface area contributed by atoms with Gasteiger partial charge in [0.05, 0.1) is 0 Å². The number of aryl methyl sites for hydroxylation is 2.